The van der Waals surface area contributed by atoms with E-state index in [1.807, 2.05) is 0 Å². The van der Waals surface area contributed by atoms with Crippen LogP contribution in [0.1, 0.15) is 51.5 Å². The first kappa shape index (κ1) is 19.5. The lowest BCUT2D eigenvalue weighted by Gasteiger charge is -2.34. The molecule has 0 bridgehead atoms. The minimum atomic E-state index is -0.357. The van der Waals surface area contributed by atoms with Gasteiger partial charge in [0, 0.05) is 17.6 Å². The second kappa shape index (κ2) is 8.29. The number of benzene rings is 1. The Hall–Kier alpha value is -1.79. The molecule has 1 aromatic carbocycles. The van der Waals surface area contributed by atoms with Gasteiger partial charge in [0.1, 0.15) is 0 Å². The first-order valence-corrected chi connectivity index (χ1v) is 10.7. The molecule has 1 N–H and O–H groups in total. The number of amides is 1. The van der Waals surface area contributed by atoms with Crippen LogP contribution >= 0.6 is 11.6 Å². The molecule has 2 aliphatic rings. The average Bonchev–Trinajstić information content (AvgIpc) is 2.99. The van der Waals surface area contributed by atoms with Gasteiger partial charge in [-0.2, -0.15) is 0 Å². The van der Waals surface area contributed by atoms with Crippen molar-refractivity contribution in [3.8, 4) is 0 Å². The molecule has 4 rings (SSSR count). The normalized spacial score (nSPS) is 26.4. The van der Waals surface area contributed by atoms with Gasteiger partial charge in [0.15, 0.2) is 5.58 Å². The van der Waals surface area contributed by atoms with Crippen LogP contribution in [0.15, 0.2) is 27.4 Å². The van der Waals surface area contributed by atoms with E-state index in [9.17, 15) is 9.59 Å². The Balaban J connectivity index is 1.43. The van der Waals surface area contributed by atoms with Crippen LogP contribution in [-0.4, -0.2) is 41.1 Å². The molecule has 3 atom stereocenters. The molecule has 1 saturated carbocycles. The van der Waals surface area contributed by atoms with Crippen molar-refractivity contribution in [1.82, 2.24) is 14.8 Å². The number of hydrogen-bond donors (Lipinski definition) is 1. The third-order valence-electron chi connectivity index (χ3n) is 6.25. The number of halogens is 1. The molecule has 7 heteroatoms. The van der Waals surface area contributed by atoms with Crippen LogP contribution in [0, 0.1) is 5.92 Å². The van der Waals surface area contributed by atoms with Gasteiger partial charge in [0.2, 0.25) is 5.91 Å². The fraction of sp³-hybridized carbons (Fsp3) is 0.619. The number of carbonyl (C=O) groups excluding carboxylic acids is 1. The molecule has 2 aromatic rings. The van der Waals surface area contributed by atoms with Crippen molar-refractivity contribution >= 4 is 28.6 Å². The standard InChI is InChI=1S/C21H28ClN3O3/c1-14-5-2-3-7-17(14)23-20(26)13-24-10-4-6-16(12-24)25-18-11-15(22)8-9-19(18)28-21(25)27/h8-9,11,14,16-17H,2-7,10,12-13H2,1H3,(H,23,26)/t14-,16-,17-/m1/s1. The van der Waals surface area contributed by atoms with Gasteiger partial charge in [-0.15, -0.1) is 0 Å². The monoisotopic (exact) mass is 405 g/mol. The number of hydrogen-bond acceptors (Lipinski definition) is 4. The molecule has 1 aliphatic heterocycles. The van der Waals surface area contributed by atoms with Crippen LogP contribution in [0.5, 0.6) is 0 Å². The number of nitrogens with one attached hydrogen (secondary N) is 1. The highest BCUT2D eigenvalue weighted by molar-refractivity contribution is 6.31. The summed E-state index contributed by atoms with van der Waals surface area (Å²) >= 11 is 6.12. The number of likely N-dealkylation sites (tertiary alicyclic amines) is 1. The van der Waals surface area contributed by atoms with Crippen molar-refractivity contribution in [1.29, 1.82) is 0 Å². The van der Waals surface area contributed by atoms with Crippen LogP contribution in [0.4, 0.5) is 0 Å². The Bertz CT molecular complexity index is 906. The zero-order chi connectivity index (χ0) is 19.7. The SMILES string of the molecule is C[C@@H]1CCCC[C@H]1NC(=O)CN1CCC[C@@H](n2c(=O)oc3ccc(Cl)cc32)C1. The summed E-state index contributed by atoms with van der Waals surface area (Å²) in [5, 5.41) is 3.81. The molecule has 2 fully saturated rings. The van der Waals surface area contributed by atoms with Crippen molar-refractivity contribution in [3.05, 3.63) is 33.8 Å². The Labute approximate surface area is 169 Å². The molecule has 1 aromatic heterocycles. The zero-order valence-electron chi connectivity index (χ0n) is 16.3. The molecule has 2 heterocycles. The second-order valence-electron chi connectivity index (χ2n) is 8.32. The molecule has 0 unspecified atom stereocenters. The van der Waals surface area contributed by atoms with Crippen molar-refractivity contribution in [2.45, 2.75) is 57.5 Å². The fourth-order valence-corrected chi connectivity index (χ4v) is 4.89. The van der Waals surface area contributed by atoms with E-state index in [0.717, 1.165) is 31.3 Å². The summed E-state index contributed by atoms with van der Waals surface area (Å²) in [6.45, 7) is 4.14. The molecule has 152 valence electrons. The molecule has 1 saturated heterocycles. The summed E-state index contributed by atoms with van der Waals surface area (Å²) in [6, 6.07) is 5.51. The number of oxazole rings is 1. The highest BCUT2D eigenvalue weighted by Crippen LogP contribution is 2.27. The number of fused-ring (bicyclic) bond motifs is 1. The molecular weight excluding hydrogens is 378 g/mol. The maximum Gasteiger partial charge on any atom is 0.420 e. The molecule has 0 radical (unpaired) electrons. The van der Waals surface area contributed by atoms with Crippen molar-refractivity contribution in [3.63, 3.8) is 0 Å². The Morgan fingerprint density at radius 1 is 1.25 bits per heavy atom. The van der Waals surface area contributed by atoms with E-state index >= 15 is 0 Å². The largest absolute Gasteiger partial charge is 0.420 e. The topological polar surface area (TPSA) is 67.5 Å². The van der Waals surface area contributed by atoms with Gasteiger partial charge in [-0.25, -0.2) is 4.79 Å². The summed E-state index contributed by atoms with van der Waals surface area (Å²) < 4.78 is 7.09. The van der Waals surface area contributed by atoms with Gasteiger partial charge < -0.3 is 9.73 Å². The van der Waals surface area contributed by atoms with Gasteiger partial charge in [-0.3, -0.25) is 14.3 Å². The lowest BCUT2D eigenvalue weighted by Crippen LogP contribution is -2.48. The number of rotatable bonds is 4. The third-order valence-corrected chi connectivity index (χ3v) is 6.48. The first-order chi connectivity index (χ1) is 13.5. The maximum absolute atomic E-state index is 12.6. The van der Waals surface area contributed by atoms with Gasteiger partial charge in [0.25, 0.3) is 0 Å². The first-order valence-electron chi connectivity index (χ1n) is 10.3. The lowest BCUT2D eigenvalue weighted by atomic mass is 9.86. The summed E-state index contributed by atoms with van der Waals surface area (Å²) in [7, 11) is 0. The predicted octanol–water partition coefficient (Wildman–Crippen LogP) is 3.58. The molecule has 1 amide bonds. The van der Waals surface area contributed by atoms with Crippen LogP contribution in [-0.2, 0) is 4.79 Å². The number of aromatic nitrogens is 1. The van der Waals surface area contributed by atoms with Crippen molar-refractivity contribution in [2.24, 2.45) is 5.92 Å². The maximum atomic E-state index is 12.6. The molecular formula is C21H28ClN3O3. The van der Waals surface area contributed by atoms with Crippen molar-refractivity contribution < 1.29 is 9.21 Å². The predicted molar refractivity (Wildman–Crippen MR) is 110 cm³/mol. The molecule has 1 aliphatic carbocycles. The number of carbonyl (C=O) groups is 1. The van der Waals surface area contributed by atoms with Crippen LogP contribution in [0.25, 0.3) is 11.1 Å². The van der Waals surface area contributed by atoms with Gasteiger partial charge >= 0.3 is 5.76 Å². The van der Waals surface area contributed by atoms with Crippen LogP contribution < -0.4 is 11.1 Å². The summed E-state index contributed by atoms with van der Waals surface area (Å²) in [5.74, 6) is 0.281. The Morgan fingerprint density at radius 3 is 2.89 bits per heavy atom. The van der Waals surface area contributed by atoms with E-state index < -0.39 is 0 Å². The minimum absolute atomic E-state index is 0.0117. The van der Waals surface area contributed by atoms with E-state index in [0.29, 0.717) is 35.7 Å². The smallest absolute Gasteiger partial charge is 0.408 e. The van der Waals surface area contributed by atoms with E-state index in [1.165, 1.54) is 19.3 Å². The van der Waals surface area contributed by atoms with E-state index in [1.54, 1.807) is 22.8 Å². The van der Waals surface area contributed by atoms with E-state index in [4.69, 9.17) is 16.0 Å². The Morgan fingerprint density at radius 2 is 2.07 bits per heavy atom. The lowest BCUT2D eigenvalue weighted by molar-refractivity contribution is -0.123. The van der Waals surface area contributed by atoms with Gasteiger partial charge in [-0.05, 0) is 56.3 Å². The summed E-state index contributed by atoms with van der Waals surface area (Å²) in [5.41, 5.74) is 1.28. The highest BCUT2D eigenvalue weighted by Gasteiger charge is 2.28. The Kier molecular flexibility index (Phi) is 5.78. The fourth-order valence-electron chi connectivity index (χ4n) is 4.72. The highest BCUT2D eigenvalue weighted by atomic mass is 35.5. The molecule has 0 spiro atoms. The average molecular weight is 406 g/mol. The third kappa shape index (κ3) is 4.13. The van der Waals surface area contributed by atoms with Crippen molar-refractivity contribution in [2.75, 3.05) is 19.6 Å². The number of nitrogens with zero attached hydrogens (tertiary/aromatic N) is 2. The minimum Gasteiger partial charge on any atom is -0.408 e. The van der Waals surface area contributed by atoms with Crippen LogP contribution in [0.2, 0.25) is 5.02 Å². The summed E-state index contributed by atoms with van der Waals surface area (Å²) in [4.78, 5) is 27.2. The van der Waals surface area contributed by atoms with Gasteiger partial charge in [-0.1, -0.05) is 31.4 Å². The van der Waals surface area contributed by atoms with E-state index in [-0.39, 0.29) is 17.7 Å². The summed E-state index contributed by atoms with van der Waals surface area (Å²) in [6.07, 6.45) is 6.55. The molecule has 6 nitrogen and oxygen atoms in total. The molecule has 28 heavy (non-hydrogen) atoms. The van der Waals surface area contributed by atoms with E-state index in [2.05, 4.69) is 17.1 Å². The second-order valence-corrected chi connectivity index (χ2v) is 8.75. The van der Waals surface area contributed by atoms with Gasteiger partial charge in [0.05, 0.1) is 18.1 Å². The quantitative estimate of drug-likeness (QED) is 0.844. The number of piperidine rings is 1. The zero-order valence-corrected chi connectivity index (χ0v) is 17.1. The van der Waals surface area contributed by atoms with Crippen LogP contribution in [0.3, 0.4) is 0 Å².